The van der Waals surface area contributed by atoms with Gasteiger partial charge in [0.15, 0.2) is 6.61 Å². The van der Waals surface area contributed by atoms with E-state index in [2.05, 4.69) is 5.32 Å². The molecule has 0 aromatic heterocycles. The Balaban J connectivity index is 1.89. The Kier molecular flexibility index (Phi) is 6.62. The molecule has 2 aromatic carbocycles. The van der Waals surface area contributed by atoms with Crippen molar-refractivity contribution in [2.24, 2.45) is 0 Å². The zero-order chi connectivity index (χ0) is 18.4. The third-order valence-electron chi connectivity index (χ3n) is 3.39. The quantitative estimate of drug-likeness (QED) is 0.600. The zero-order valence-corrected chi connectivity index (χ0v) is 15.3. The molecule has 2 rings (SSSR count). The zero-order valence-electron chi connectivity index (χ0n) is 13.8. The van der Waals surface area contributed by atoms with Gasteiger partial charge in [0.25, 0.3) is 5.91 Å². The van der Waals surface area contributed by atoms with Crippen molar-refractivity contribution >= 4 is 46.8 Å². The van der Waals surface area contributed by atoms with E-state index >= 15 is 0 Å². The van der Waals surface area contributed by atoms with Gasteiger partial charge in [0, 0.05) is 27.4 Å². The summed E-state index contributed by atoms with van der Waals surface area (Å²) < 4.78 is 4.92. The molecule has 0 saturated carbocycles. The summed E-state index contributed by atoms with van der Waals surface area (Å²) in [4.78, 5) is 23.6. The highest BCUT2D eigenvalue weighted by molar-refractivity contribution is 6.37. The predicted octanol–water partition coefficient (Wildman–Crippen LogP) is 4.81. The lowest BCUT2D eigenvalue weighted by Gasteiger charge is -2.09. The number of ether oxygens (including phenoxy) is 1. The first-order valence-corrected chi connectivity index (χ1v) is 8.28. The van der Waals surface area contributed by atoms with Gasteiger partial charge in [0.2, 0.25) is 0 Å². The summed E-state index contributed by atoms with van der Waals surface area (Å²) in [6.45, 7) is 3.48. The lowest BCUT2D eigenvalue weighted by atomic mass is 10.1. The fraction of sp³-hybridized carbons (Fsp3) is 0.158. The van der Waals surface area contributed by atoms with Crippen LogP contribution in [0.5, 0.6) is 0 Å². The Morgan fingerprint density at radius 1 is 1.12 bits per heavy atom. The van der Waals surface area contributed by atoms with E-state index in [-0.39, 0.29) is 6.61 Å². The highest BCUT2D eigenvalue weighted by atomic mass is 35.5. The predicted molar refractivity (Wildman–Crippen MR) is 101 cm³/mol. The van der Waals surface area contributed by atoms with Gasteiger partial charge in [-0.3, -0.25) is 4.79 Å². The van der Waals surface area contributed by atoms with Crippen molar-refractivity contribution in [2.45, 2.75) is 13.8 Å². The van der Waals surface area contributed by atoms with Crippen LogP contribution in [-0.4, -0.2) is 18.5 Å². The molecule has 0 unspecified atom stereocenters. The van der Waals surface area contributed by atoms with Crippen LogP contribution in [-0.2, 0) is 14.3 Å². The molecule has 0 fully saturated rings. The highest BCUT2D eigenvalue weighted by Crippen LogP contribution is 2.25. The smallest absolute Gasteiger partial charge is 0.331 e. The number of amides is 1. The first-order valence-electron chi connectivity index (χ1n) is 7.53. The molecule has 0 heterocycles. The van der Waals surface area contributed by atoms with Gasteiger partial charge >= 0.3 is 5.97 Å². The third kappa shape index (κ3) is 5.62. The normalized spacial score (nSPS) is 10.7. The lowest BCUT2D eigenvalue weighted by Crippen LogP contribution is -2.20. The topological polar surface area (TPSA) is 55.4 Å². The van der Waals surface area contributed by atoms with Crippen molar-refractivity contribution in [3.05, 3.63) is 69.2 Å². The van der Waals surface area contributed by atoms with Crippen LogP contribution in [0.25, 0.3) is 6.08 Å². The van der Waals surface area contributed by atoms with Crippen molar-refractivity contribution in [1.29, 1.82) is 0 Å². The Labute approximate surface area is 156 Å². The molecule has 0 aliphatic rings. The van der Waals surface area contributed by atoms with Crippen LogP contribution in [0.15, 0.2) is 42.5 Å². The van der Waals surface area contributed by atoms with Gasteiger partial charge in [-0.05, 0) is 43.7 Å². The molecule has 0 aliphatic heterocycles. The van der Waals surface area contributed by atoms with Gasteiger partial charge in [-0.2, -0.15) is 0 Å². The highest BCUT2D eigenvalue weighted by Gasteiger charge is 2.08. The van der Waals surface area contributed by atoms with Crippen LogP contribution < -0.4 is 5.32 Å². The molecule has 0 saturated heterocycles. The average Bonchev–Trinajstić information content (AvgIpc) is 2.55. The average molecular weight is 378 g/mol. The summed E-state index contributed by atoms with van der Waals surface area (Å²) in [5.41, 5.74) is 3.24. The van der Waals surface area contributed by atoms with Crippen molar-refractivity contribution < 1.29 is 14.3 Å². The van der Waals surface area contributed by atoms with E-state index in [0.717, 1.165) is 11.1 Å². The number of anilines is 1. The summed E-state index contributed by atoms with van der Waals surface area (Å²) in [5, 5.41) is 3.54. The van der Waals surface area contributed by atoms with Crippen LogP contribution in [0.4, 0.5) is 5.69 Å². The van der Waals surface area contributed by atoms with Crippen LogP contribution >= 0.6 is 23.2 Å². The molecule has 25 heavy (non-hydrogen) atoms. The lowest BCUT2D eigenvalue weighted by molar-refractivity contribution is -0.142. The molecule has 1 amide bonds. The van der Waals surface area contributed by atoms with Crippen LogP contribution in [0.1, 0.15) is 16.7 Å². The summed E-state index contributed by atoms with van der Waals surface area (Å²) in [5.74, 6) is -1.07. The fourth-order valence-corrected chi connectivity index (χ4v) is 2.67. The van der Waals surface area contributed by atoms with Crippen molar-refractivity contribution in [2.75, 3.05) is 11.9 Å². The standard InChI is InChI=1S/C19H17Cl2NO3/c1-12-6-8-17(13(2)10-12)22-18(23)11-25-19(24)9-7-14-15(20)4-3-5-16(14)21/h3-10H,11H2,1-2H3,(H,22,23)/b9-7+. The third-order valence-corrected chi connectivity index (χ3v) is 4.05. The van der Waals surface area contributed by atoms with E-state index in [9.17, 15) is 9.59 Å². The number of aryl methyl sites for hydroxylation is 2. The Hall–Kier alpha value is -2.30. The van der Waals surface area contributed by atoms with E-state index in [1.54, 1.807) is 18.2 Å². The molecule has 0 radical (unpaired) electrons. The molecular formula is C19H17Cl2NO3. The van der Waals surface area contributed by atoms with Gasteiger partial charge in [-0.15, -0.1) is 0 Å². The van der Waals surface area contributed by atoms with Crippen molar-refractivity contribution in [3.8, 4) is 0 Å². The number of hydrogen-bond acceptors (Lipinski definition) is 3. The largest absolute Gasteiger partial charge is 0.452 e. The molecule has 4 nitrogen and oxygen atoms in total. The number of esters is 1. The van der Waals surface area contributed by atoms with E-state index in [1.807, 2.05) is 32.0 Å². The number of hydrogen-bond donors (Lipinski definition) is 1. The van der Waals surface area contributed by atoms with Gasteiger partial charge in [0.05, 0.1) is 0 Å². The second-order valence-corrected chi connectivity index (χ2v) is 6.26. The Morgan fingerprint density at radius 3 is 2.44 bits per heavy atom. The monoisotopic (exact) mass is 377 g/mol. The molecule has 6 heteroatoms. The van der Waals surface area contributed by atoms with Crippen molar-refractivity contribution in [1.82, 2.24) is 0 Å². The van der Waals surface area contributed by atoms with E-state index in [4.69, 9.17) is 27.9 Å². The maximum atomic E-state index is 11.9. The minimum absolute atomic E-state index is 0.382. The minimum Gasteiger partial charge on any atom is -0.452 e. The molecule has 130 valence electrons. The number of nitrogens with one attached hydrogen (secondary N) is 1. The summed E-state index contributed by atoms with van der Waals surface area (Å²) in [7, 11) is 0. The van der Waals surface area contributed by atoms with E-state index in [0.29, 0.717) is 21.3 Å². The number of carbonyl (C=O) groups excluding carboxylic acids is 2. The SMILES string of the molecule is Cc1ccc(NC(=O)COC(=O)/C=C/c2c(Cl)cccc2Cl)c(C)c1. The van der Waals surface area contributed by atoms with Crippen LogP contribution in [0, 0.1) is 13.8 Å². The number of halogens is 2. The fourth-order valence-electron chi connectivity index (χ4n) is 2.15. The van der Waals surface area contributed by atoms with Gasteiger partial charge in [0.1, 0.15) is 0 Å². The Bertz CT molecular complexity index is 811. The molecule has 2 aromatic rings. The summed E-state index contributed by atoms with van der Waals surface area (Å²) >= 11 is 12.0. The van der Waals surface area contributed by atoms with Crippen molar-refractivity contribution in [3.63, 3.8) is 0 Å². The number of benzene rings is 2. The summed E-state index contributed by atoms with van der Waals surface area (Å²) in [6.07, 6.45) is 2.63. The summed E-state index contributed by atoms with van der Waals surface area (Å²) in [6, 6.07) is 10.7. The first-order chi connectivity index (χ1) is 11.9. The molecular weight excluding hydrogens is 361 g/mol. The minimum atomic E-state index is -0.660. The van der Waals surface area contributed by atoms with Gasteiger partial charge in [-0.25, -0.2) is 4.79 Å². The molecule has 1 N–H and O–H groups in total. The van der Waals surface area contributed by atoms with Gasteiger partial charge < -0.3 is 10.1 Å². The molecule has 0 aliphatic carbocycles. The Morgan fingerprint density at radius 2 is 1.80 bits per heavy atom. The maximum absolute atomic E-state index is 11.9. The number of rotatable bonds is 5. The first kappa shape index (κ1) is 19.0. The van der Waals surface area contributed by atoms with Gasteiger partial charge in [-0.1, -0.05) is 47.0 Å². The van der Waals surface area contributed by atoms with Crippen LogP contribution in [0.2, 0.25) is 10.0 Å². The maximum Gasteiger partial charge on any atom is 0.331 e. The second kappa shape index (κ2) is 8.70. The second-order valence-electron chi connectivity index (χ2n) is 5.44. The van der Waals surface area contributed by atoms with Crippen LogP contribution in [0.3, 0.4) is 0 Å². The van der Waals surface area contributed by atoms with E-state index in [1.165, 1.54) is 12.2 Å². The molecule has 0 spiro atoms. The molecule has 0 atom stereocenters. The number of carbonyl (C=O) groups is 2. The van der Waals surface area contributed by atoms with E-state index < -0.39 is 11.9 Å². The molecule has 0 bridgehead atoms.